The Morgan fingerprint density at radius 3 is 2.78 bits per heavy atom. The molecule has 0 fully saturated rings. The second-order valence-electron chi connectivity index (χ2n) is 6.50. The van der Waals surface area contributed by atoms with Crippen molar-refractivity contribution >= 4 is 16.9 Å². The third-order valence-electron chi connectivity index (χ3n) is 3.88. The lowest BCUT2D eigenvalue weighted by atomic mass is 10.0. The van der Waals surface area contributed by atoms with Gasteiger partial charge in [0.1, 0.15) is 24.0 Å². The monoisotopic (exact) mass is 381 g/mol. The van der Waals surface area contributed by atoms with Crippen LogP contribution in [-0.4, -0.2) is 54.5 Å². The molecule has 0 aromatic carbocycles. The standard InChI is InChI=1S/C16H18F3N7O/c1-15(2,14(27)23-7-16(17,18)19)26-11-3-4-21-13(25-11)10-6-22-12-9(10)5-20-8-24-12/h3-6,8,14,23,27H,7H2,1-2H3,(H,20,22,24)(H,21,25,26). The van der Waals surface area contributed by atoms with Crippen molar-refractivity contribution < 1.29 is 18.3 Å². The van der Waals surface area contributed by atoms with Gasteiger partial charge in [0.2, 0.25) is 0 Å². The number of nitrogens with one attached hydrogen (secondary N) is 3. The Morgan fingerprint density at radius 1 is 1.26 bits per heavy atom. The number of fused-ring (bicyclic) bond motifs is 1. The van der Waals surface area contributed by atoms with Gasteiger partial charge in [-0.15, -0.1) is 0 Å². The molecule has 0 radical (unpaired) electrons. The number of rotatable bonds is 6. The van der Waals surface area contributed by atoms with Crippen LogP contribution in [0.5, 0.6) is 0 Å². The minimum absolute atomic E-state index is 0.351. The molecule has 144 valence electrons. The second-order valence-corrected chi connectivity index (χ2v) is 6.50. The zero-order chi connectivity index (χ0) is 19.7. The zero-order valence-electron chi connectivity index (χ0n) is 14.5. The average Bonchev–Trinajstić information content (AvgIpc) is 3.03. The molecule has 0 bridgehead atoms. The third-order valence-corrected chi connectivity index (χ3v) is 3.88. The van der Waals surface area contributed by atoms with Crippen LogP contribution in [0.2, 0.25) is 0 Å². The summed E-state index contributed by atoms with van der Waals surface area (Å²) in [6.07, 6.45) is 0.379. The van der Waals surface area contributed by atoms with Crippen molar-refractivity contribution in [3.05, 3.63) is 31.0 Å². The number of aliphatic hydroxyl groups is 1. The van der Waals surface area contributed by atoms with Crippen LogP contribution in [0.15, 0.2) is 31.0 Å². The van der Waals surface area contributed by atoms with Crippen molar-refractivity contribution in [3.8, 4) is 11.4 Å². The first-order chi connectivity index (χ1) is 12.7. The summed E-state index contributed by atoms with van der Waals surface area (Å²) in [5.74, 6) is 0.735. The number of halogens is 3. The summed E-state index contributed by atoms with van der Waals surface area (Å²) >= 11 is 0. The molecular weight excluding hydrogens is 363 g/mol. The highest BCUT2D eigenvalue weighted by atomic mass is 19.4. The van der Waals surface area contributed by atoms with Crippen molar-refractivity contribution in [2.24, 2.45) is 0 Å². The molecule has 0 aliphatic heterocycles. The number of anilines is 1. The zero-order valence-corrected chi connectivity index (χ0v) is 14.5. The molecule has 3 aromatic heterocycles. The van der Waals surface area contributed by atoms with E-state index in [9.17, 15) is 18.3 Å². The molecule has 3 heterocycles. The maximum absolute atomic E-state index is 12.3. The largest absolute Gasteiger partial charge is 0.401 e. The summed E-state index contributed by atoms with van der Waals surface area (Å²) in [6.45, 7) is 1.81. The Labute approximate surface area is 152 Å². The summed E-state index contributed by atoms with van der Waals surface area (Å²) in [5.41, 5.74) is 0.192. The molecule has 0 aliphatic rings. The van der Waals surface area contributed by atoms with Gasteiger partial charge in [-0.25, -0.2) is 19.9 Å². The molecule has 3 rings (SSSR count). The number of hydrogen-bond acceptors (Lipinski definition) is 7. The van der Waals surface area contributed by atoms with E-state index < -0.39 is 24.5 Å². The molecule has 0 amide bonds. The van der Waals surface area contributed by atoms with E-state index in [0.717, 1.165) is 5.39 Å². The van der Waals surface area contributed by atoms with Crippen LogP contribution in [0.1, 0.15) is 13.8 Å². The molecule has 11 heteroatoms. The topological polar surface area (TPSA) is 112 Å². The quantitative estimate of drug-likeness (QED) is 0.484. The number of aromatic nitrogens is 5. The van der Waals surface area contributed by atoms with Crippen molar-refractivity contribution in [3.63, 3.8) is 0 Å². The Balaban J connectivity index is 1.79. The molecule has 0 aliphatic carbocycles. The summed E-state index contributed by atoms with van der Waals surface area (Å²) in [7, 11) is 0. The first-order valence-corrected chi connectivity index (χ1v) is 8.02. The van der Waals surface area contributed by atoms with Crippen molar-refractivity contribution in [2.45, 2.75) is 31.8 Å². The van der Waals surface area contributed by atoms with Gasteiger partial charge in [0.15, 0.2) is 5.82 Å². The van der Waals surface area contributed by atoms with Gasteiger partial charge >= 0.3 is 6.18 Å². The predicted molar refractivity (Wildman–Crippen MR) is 92.7 cm³/mol. The summed E-state index contributed by atoms with van der Waals surface area (Å²) in [4.78, 5) is 19.7. The normalized spacial score (nSPS) is 13.7. The minimum Gasteiger partial charge on any atom is -0.376 e. The van der Waals surface area contributed by atoms with Gasteiger partial charge in [-0.1, -0.05) is 0 Å². The van der Waals surface area contributed by atoms with Crippen LogP contribution in [0, 0.1) is 0 Å². The summed E-state index contributed by atoms with van der Waals surface area (Å²) in [5, 5.41) is 15.8. The second kappa shape index (κ2) is 7.08. The molecule has 0 spiro atoms. The van der Waals surface area contributed by atoms with E-state index in [1.807, 2.05) is 0 Å². The summed E-state index contributed by atoms with van der Waals surface area (Å²) < 4.78 is 37.0. The lowest BCUT2D eigenvalue weighted by Gasteiger charge is -2.33. The lowest BCUT2D eigenvalue weighted by molar-refractivity contribution is -0.132. The van der Waals surface area contributed by atoms with Gasteiger partial charge in [0.25, 0.3) is 0 Å². The number of H-pyrrole nitrogens is 1. The van der Waals surface area contributed by atoms with Crippen LogP contribution in [0.3, 0.4) is 0 Å². The SMILES string of the molecule is CC(C)(Nc1ccnc(-c2c[nH]c3ncncc23)n1)C(O)NCC(F)(F)F. The molecule has 4 N–H and O–H groups in total. The number of nitrogens with zero attached hydrogens (tertiary/aromatic N) is 4. The van der Waals surface area contributed by atoms with E-state index >= 15 is 0 Å². The molecule has 3 aromatic rings. The van der Waals surface area contributed by atoms with Crippen LogP contribution >= 0.6 is 0 Å². The third kappa shape index (κ3) is 4.49. The van der Waals surface area contributed by atoms with E-state index in [-0.39, 0.29) is 0 Å². The van der Waals surface area contributed by atoms with Crippen molar-refractivity contribution in [1.29, 1.82) is 0 Å². The van der Waals surface area contributed by atoms with Crippen molar-refractivity contribution in [1.82, 2.24) is 30.2 Å². The maximum atomic E-state index is 12.3. The van der Waals surface area contributed by atoms with E-state index in [1.54, 1.807) is 32.3 Å². The molecule has 1 atom stereocenters. The van der Waals surface area contributed by atoms with Gasteiger partial charge in [-0.3, -0.25) is 5.32 Å². The number of aromatic amines is 1. The van der Waals surface area contributed by atoms with Gasteiger partial charge in [0.05, 0.1) is 12.1 Å². The number of alkyl halides is 3. The Morgan fingerprint density at radius 2 is 2.04 bits per heavy atom. The number of aliphatic hydroxyl groups excluding tert-OH is 1. The van der Waals surface area contributed by atoms with Gasteiger partial charge in [0, 0.05) is 29.5 Å². The van der Waals surface area contributed by atoms with Crippen molar-refractivity contribution in [2.75, 3.05) is 11.9 Å². The molecule has 27 heavy (non-hydrogen) atoms. The fourth-order valence-corrected chi connectivity index (χ4v) is 2.47. The molecule has 0 saturated heterocycles. The van der Waals surface area contributed by atoms with Crippen LogP contribution in [-0.2, 0) is 0 Å². The van der Waals surface area contributed by atoms with Gasteiger partial charge < -0.3 is 15.4 Å². The van der Waals surface area contributed by atoms with E-state index in [4.69, 9.17) is 0 Å². The van der Waals surface area contributed by atoms with E-state index in [0.29, 0.717) is 22.9 Å². The van der Waals surface area contributed by atoms with Crippen LogP contribution < -0.4 is 10.6 Å². The van der Waals surface area contributed by atoms with E-state index in [1.165, 1.54) is 12.5 Å². The van der Waals surface area contributed by atoms with Gasteiger partial charge in [-0.05, 0) is 19.9 Å². The van der Waals surface area contributed by atoms with E-state index in [2.05, 4.69) is 35.6 Å². The Bertz CT molecular complexity index is 926. The average molecular weight is 381 g/mol. The lowest BCUT2D eigenvalue weighted by Crippen LogP contribution is -2.53. The van der Waals surface area contributed by atoms with Crippen LogP contribution in [0.25, 0.3) is 22.4 Å². The number of hydrogen-bond donors (Lipinski definition) is 4. The first-order valence-electron chi connectivity index (χ1n) is 8.02. The minimum atomic E-state index is -4.42. The first kappa shape index (κ1) is 19.0. The summed E-state index contributed by atoms with van der Waals surface area (Å²) in [6, 6.07) is 1.56. The molecule has 8 nitrogen and oxygen atoms in total. The van der Waals surface area contributed by atoms with Gasteiger partial charge in [-0.2, -0.15) is 13.2 Å². The molecule has 0 saturated carbocycles. The predicted octanol–water partition coefficient (Wildman–Crippen LogP) is 2.08. The highest BCUT2D eigenvalue weighted by molar-refractivity contribution is 5.90. The fraction of sp³-hybridized carbons (Fsp3) is 0.375. The Kier molecular flexibility index (Phi) is 4.98. The fourth-order valence-electron chi connectivity index (χ4n) is 2.47. The molecule has 1 unspecified atom stereocenters. The van der Waals surface area contributed by atoms with Crippen LogP contribution in [0.4, 0.5) is 19.0 Å². The highest BCUT2D eigenvalue weighted by Gasteiger charge is 2.33. The molecular formula is C16H18F3N7O. The smallest absolute Gasteiger partial charge is 0.376 e. The maximum Gasteiger partial charge on any atom is 0.401 e. The highest BCUT2D eigenvalue weighted by Crippen LogP contribution is 2.25. The Hall–Kier alpha value is -2.79.